The van der Waals surface area contributed by atoms with Crippen molar-refractivity contribution >= 4 is 33.0 Å². The van der Waals surface area contributed by atoms with Gasteiger partial charge in [-0.1, -0.05) is 0 Å². The Morgan fingerprint density at radius 3 is 2.93 bits per heavy atom. The zero-order chi connectivity index (χ0) is 9.97. The summed E-state index contributed by atoms with van der Waals surface area (Å²) in [6.45, 7) is 0.657. The lowest BCUT2D eigenvalue weighted by molar-refractivity contribution is 0.0903. The third kappa shape index (κ3) is 2.07. The molecule has 0 bridgehead atoms. The average Bonchev–Trinajstić information content (AvgIpc) is 2.65. The molecule has 0 spiro atoms. The van der Waals surface area contributed by atoms with Gasteiger partial charge in [0.1, 0.15) is 0 Å². The number of thiophene rings is 1. The minimum Gasteiger partial charge on any atom is -0.490 e. The summed E-state index contributed by atoms with van der Waals surface area (Å²) in [7, 11) is 0. The maximum Gasteiger partial charge on any atom is 0.237 e. The van der Waals surface area contributed by atoms with Crippen LogP contribution in [0.4, 0.5) is 0 Å². The maximum atomic E-state index is 11.8. The minimum atomic E-state index is 0.000370. The molecule has 0 aromatic carbocycles. The third-order valence-corrected chi connectivity index (χ3v) is 3.58. The van der Waals surface area contributed by atoms with E-state index in [2.05, 4.69) is 15.9 Å². The van der Waals surface area contributed by atoms with Gasteiger partial charge < -0.3 is 4.74 Å². The summed E-state index contributed by atoms with van der Waals surface area (Å²) in [4.78, 5) is 12.5. The second-order valence-corrected chi connectivity index (χ2v) is 5.45. The van der Waals surface area contributed by atoms with Gasteiger partial charge in [0.15, 0.2) is 5.76 Å². The molecule has 0 aliphatic carbocycles. The molecule has 1 aromatic heterocycles. The van der Waals surface area contributed by atoms with Crippen molar-refractivity contribution < 1.29 is 9.53 Å². The molecule has 14 heavy (non-hydrogen) atoms. The molecule has 0 fully saturated rings. The highest BCUT2D eigenvalue weighted by Gasteiger charge is 2.17. The van der Waals surface area contributed by atoms with E-state index in [-0.39, 0.29) is 5.78 Å². The summed E-state index contributed by atoms with van der Waals surface area (Å²) in [6.07, 6.45) is 3.82. The Balaban J connectivity index is 2.19. The average molecular weight is 273 g/mol. The zero-order valence-electron chi connectivity index (χ0n) is 7.46. The fraction of sp³-hybridized carbons (Fsp3) is 0.300. The number of allylic oxidation sites excluding steroid dienone is 2. The molecule has 0 saturated heterocycles. The van der Waals surface area contributed by atoms with Crippen LogP contribution in [0.25, 0.3) is 0 Å². The van der Waals surface area contributed by atoms with E-state index in [4.69, 9.17) is 4.74 Å². The van der Waals surface area contributed by atoms with Crippen LogP contribution in [-0.4, -0.2) is 12.4 Å². The molecule has 1 aliphatic heterocycles. The molecule has 0 amide bonds. The van der Waals surface area contributed by atoms with Gasteiger partial charge in [-0.3, -0.25) is 4.79 Å². The molecular weight excluding hydrogens is 264 g/mol. The summed E-state index contributed by atoms with van der Waals surface area (Å²) in [6, 6.07) is 3.69. The molecule has 1 aliphatic rings. The summed E-state index contributed by atoms with van der Waals surface area (Å²) >= 11 is 4.77. The first-order chi connectivity index (χ1) is 6.77. The fourth-order valence-electron chi connectivity index (χ4n) is 1.27. The van der Waals surface area contributed by atoms with Gasteiger partial charge in [-0.05, 0) is 47.0 Å². The molecular formula is C10H9BrO2S. The van der Waals surface area contributed by atoms with Crippen LogP contribution >= 0.6 is 27.3 Å². The second-order valence-electron chi connectivity index (χ2n) is 2.99. The highest BCUT2D eigenvalue weighted by atomic mass is 79.9. The molecule has 74 valence electrons. The quantitative estimate of drug-likeness (QED) is 0.772. The topological polar surface area (TPSA) is 26.3 Å². The Bertz CT molecular complexity index is 381. The number of hydrogen-bond donors (Lipinski definition) is 0. The second kappa shape index (κ2) is 4.28. The van der Waals surface area contributed by atoms with E-state index in [0.717, 1.165) is 21.5 Å². The Labute approximate surface area is 94.7 Å². The molecule has 1 aromatic rings. The predicted octanol–water partition coefficient (Wildman–Crippen LogP) is 3.39. The molecule has 2 rings (SSSR count). The van der Waals surface area contributed by atoms with Gasteiger partial charge in [0, 0.05) is 0 Å². The maximum absolute atomic E-state index is 11.8. The fourth-order valence-corrected chi connectivity index (χ4v) is 2.60. The van der Waals surface area contributed by atoms with Crippen molar-refractivity contribution in [3.05, 3.63) is 32.6 Å². The molecule has 2 nitrogen and oxygen atoms in total. The van der Waals surface area contributed by atoms with Gasteiger partial charge in [-0.15, -0.1) is 11.3 Å². The molecule has 4 heteroatoms. The molecule has 2 heterocycles. The van der Waals surface area contributed by atoms with Crippen molar-refractivity contribution in [2.24, 2.45) is 0 Å². The van der Waals surface area contributed by atoms with Gasteiger partial charge in [0.2, 0.25) is 5.78 Å². The van der Waals surface area contributed by atoms with Crippen LogP contribution in [0.2, 0.25) is 0 Å². The number of hydrogen-bond acceptors (Lipinski definition) is 3. The number of halogens is 1. The molecule has 0 atom stereocenters. The summed E-state index contributed by atoms with van der Waals surface area (Å²) in [5.74, 6) is 0.506. The normalized spacial score (nSPS) is 15.9. The van der Waals surface area contributed by atoms with E-state index in [0.29, 0.717) is 12.4 Å². The van der Waals surface area contributed by atoms with E-state index < -0.39 is 0 Å². The highest BCUT2D eigenvalue weighted by molar-refractivity contribution is 9.11. The van der Waals surface area contributed by atoms with Crippen molar-refractivity contribution in [1.29, 1.82) is 0 Å². The Hall–Kier alpha value is -0.610. The lowest BCUT2D eigenvalue weighted by atomic mass is 10.2. The highest BCUT2D eigenvalue weighted by Crippen LogP contribution is 2.25. The first-order valence-electron chi connectivity index (χ1n) is 4.40. The lowest BCUT2D eigenvalue weighted by Crippen LogP contribution is -2.09. The number of carbonyl (C=O) groups is 1. The molecule has 0 radical (unpaired) electrons. The number of ketones is 1. The van der Waals surface area contributed by atoms with Crippen LogP contribution in [0.3, 0.4) is 0 Å². The van der Waals surface area contributed by atoms with Crippen LogP contribution in [0, 0.1) is 0 Å². The Morgan fingerprint density at radius 1 is 1.50 bits per heavy atom. The first-order valence-corrected chi connectivity index (χ1v) is 6.01. The van der Waals surface area contributed by atoms with Gasteiger partial charge in [-0.2, -0.15) is 0 Å². The van der Waals surface area contributed by atoms with Crippen LogP contribution in [0.15, 0.2) is 27.8 Å². The predicted molar refractivity (Wildman–Crippen MR) is 59.6 cm³/mol. The Kier molecular flexibility index (Phi) is 3.03. The van der Waals surface area contributed by atoms with Crippen molar-refractivity contribution in [1.82, 2.24) is 0 Å². The van der Waals surface area contributed by atoms with Gasteiger partial charge >= 0.3 is 0 Å². The van der Waals surface area contributed by atoms with Crippen molar-refractivity contribution in [2.45, 2.75) is 12.8 Å². The van der Waals surface area contributed by atoms with E-state index in [1.54, 1.807) is 0 Å². The van der Waals surface area contributed by atoms with E-state index >= 15 is 0 Å². The van der Waals surface area contributed by atoms with Crippen LogP contribution in [-0.2, 0) is 4.74 Å². The van der Waals surface area contributed by atoms with Crippen LogP contribution in [0.1, 0.15) is 22.5 Å². The molecule has 0 N–H and O–H groups in total. The third-order valence-electron chi connectivity index (χ3n) is 1.96. The van der Waals surface area contributed by atoms with E-state index in [1.165, 1.54) is 11.3 Å². The van der Waals surface area contributed by atoms with Crippen molar-refractivity contribution in [3.63, 3.8) is 0 Å². The zero-order valence-corrected chi connectivity index (χ0v) is 9.86. The summed E-state index contributed by atoms with van der Waals surface area (Å²) in [5.41, 5.74) is 0. The van der Waals surface area contributed by atoms with Crippen LogP contribution in [0.5, 0.6) is 0 Å². The van der Waals surface area contributed by atoms with Gasteiger partial charge in [0.05, 0.1) is 15.3 Å². The van der Waals surface area contributed by atoms with Crippen molar-refractivity contribution in [3.8, 4) is 0 Å². The smallest absolute Gasteiger partial charge is 0.237 e. The van der Waals surface area contributed by atoms with Gasteiger partial charge in [-0.25, -0.2) is 0 Å². The van der Waals surface area contributed by atoms with Gasteiger partial charge in [0.25, 0.3) is 0 Å². The number of rotatable bonds is 2. The van der Waals surface area contributed by atoms with Crippen molar-refractivity contribution in [2.75, 3.05) is 6.61 Å². The standard InChI is InChI=1S/C10H9BrO2S/c11-9-5-4-8(14-9)10(12)7-3-1-2-6-13-7/h3-5H,1-2,6H2. The number of ether oxygens (including phenoxy) is 1. The minimum absolute atomic E-state index is 0.000370. The molecule has 0 saturated carbocycles. The monoisotopic (exact) mass is 272 g/mol. The number of Topliss-reactive ketones (excluding diaryl/α,β-unsaturated/α-hetero) is 1. The lowest BCUT2D eigenvalue weighted by Gasteiger charge is -2.12. The summed E-state index contributed by atoms with van der Waals surface area (Å²) < 4.78 is 6.28. The SMILES string of the molecule is O=C(C1=CCCCO1)c1ccc(Br)s1. The molecule has 0 unspecified atom stereocenters. The summed E-state index contributed by atoms with van der Waals surface area (Å²) in [5, 5.41) is 0. The van der Waals surface area contributed by atoms with E-state index in [9.17, 15) is 4.79 Å². The largest absolute Gasteiger partial charge is 0.490 e. The van der Waals surface area contributed by atoms with E-state index in [1.807, 2.05) is 18.2 Å². The first kappa shape index (κ1) is 9.93. The Morgan fingerprint density at radius 2 is 2.36 bits per heavy atom. The number of carbonyl (C=O) groups excluding carboxylic acids is 1. The van der Waals surface area contributed by atoms with Crippen LogP contribution < -0.4 is 0 Å².